The number of ether oxygens (including phenoxy) is 2. The van der Waals surface area contributed by atoms with E-state index in [1.54, 1.807) is 6.26 Å². The number of fused-ring (bicyclic) bond motifs is 1. The van der Waals surface area contributed by atoms with Crippen molar-refractivity contribution in [3.63, 3.8) is 0 Å². The standard InChI is InChI=1S/C28H29NO4/c1-21(30)29-16-15-24-20-33-28-14-13-26(19-27(24)28)32-18-6-5-17-31-25-11-9-23(10-12-25)22-7-3-2-4-8-22/h2-4,7-14,19-20H,5-6,15-18H2,1H3,(H,29,30). The van der Waals surface area contributed by atoms with Crippen LogP contribution < -0.4 is 14.8 Å². The molecular formula is C28H29NO4. The predicted octanol–water partition coefficient (Wildman–Crippen LogP) is 6.02. The van der Waals surface area contributed by atoms with Crippen molar-refractivity contribution in [1.82, 2.24) is 5.32 Å². The summed E-state index contributed by atoms with van der Waals surface area (Å²) in [6.45, 7) is 3.39. The summed E-state index contributed by atoms with van der Waals surface area (Å²) in [5.74, 6) is 1.68. The first-order chi connectivity index (χ1) is 16.2. The Morgan fingerprint density at radius 1 is 0.848 bits per heavy atom. The first kappa shape index (κ1) is 22.5. The van der Waals surface area contributed by atoms with Crippen LogP contribution in [0.4, 0.5) is 0 Å². The second-order valence-electron chi connectivity index (χ2n) is 7.95. The molecule has 0 radical (unpaired) electrons. The van der Waals surface area contributed by atoms with E-state index >= 15 is 0 Å². The molecule has 4 aromatic rings. The maximum Gasteiger partial charge on any atom is 0.216 e. The average molecular weight is 444 g/mol. The predicted molar refractivity (Wildman–Crippen MR) is 131 cm³/mol. The van der Waals surface area contributed by atoms with Crippen LogP contribution in [0.2, 0.25) is 0 Å². The second-order valence-corrected chi connectivity index (χ2v) is 7.95. The van der Waals surface area contributed by atoms with Crippen LogP contribution in [0.5, 0.6) is 11.5 Å². The molecule has 0 fully saturated rings. The monoisotopic (exact) mass is 443 g/mol. The lowest BCUT2D eigenvalue weighted by atomic mass is 10.1. The number of carbonyl (C=O) groups excluding carboxylic acids is 1. The Balaban J connectivity index is 1.19. The fourth-order valence-corrected chi connectivity index (χ4v) is 3.68. The maximum atomic E-state index is 11.1. The van der Waals surface area contributed by atoms with Gasteiger partial charge < -0.3 is 19.2 Å². The molecule has 0 spiro atoms. The number of carbonyl (C=O) groups is 1. The Labute approximate surface area is 194 Å². The van der Waals surface area contributed by atoms with Gasteiger partial charge >= 0.3 is 0 Å². The zero-order valence-electron chi connectivity index (χ0n) is 18.9. The molecule has 4 rings (SSSR count). The van der Waals surface area contributed by atoms with Crippen LogP contribution >= 0.6 is 0 Å². The lowest BCUT2D eigenvalue weighted by molar-refractivity contribution is -0.118. The van der Waals surface area contributed by atoms with E-state index in [1.807, 2.05) is 48.5 Å². The molecule has 1 aromatic heterocycles. The van der Waals surface area contributed by atoms with Gasteiger partial charge in [0.15, 0.2) is 0 Å². The van der Waals surface area contributed by atoms with Crippen molar-refractivity contribution in [2.45, 2.75) is 26.2 Å². The summed E-state index contributed by atoms with van der Waals surface area (Å²) >= 11 is 0. The second kappa shape index (κ2) is 11.2. The van der Waals surface area contributed by atoms with Gasteiger partial charge in [0.25, 0.3) is 0 Å². The number of unbranched alkanes of at least 4 members (excludes halogenated alkanes) is 1. The van der Waals surface area contributed by atoms with Gasteiger partial charge in [-0.05, 0) is 60.7 Å². The summed E-state index contributed by atoms with van der Waals surface area (Å²) in [7, 11) is 0. The van der Waals surface area contributed by atoms with Crippen LogP contribution in [0, 0.1) is 0 Å². The van der Waals surface area contributed by atoms with Crippen LogP contribution in [0.25, 0.3) is 22.1 Å². The van der Waals surface area contributed by atoms with E-state index in [9.17, 15) is 4.79 Å². The van der Waals surface area contributed by atoms with Crippen molar-refractivity contribution in [2.75, 3.05) is 19.8 Å². The average Bonchev–Trinajstić information content (AvgIpc) is 3.24. The normalized spacial score (nSPS) is 10.8. The quantitative estimate of drug-likeness (QED) is 0.288. The van der Waals surface area contributed by atoms with Crippen LogP contribution in [-0.4, -0.2) is 25.7 Å². The van der Waals surface area contributed by atoms with Crippen molar-refractivity contribution >= 4 is 16.9 Å². The number of rotatable bonds is 11. The summed E-state index contributed by atoms with van der Waals surface area (Å²) in [5.41, 5.74) is 4.28. The lowest BCUT2D eigenvalue weighted by Gasteiger charge is -2.09. The minimum atomic E-state index is -0.0278. The number of hydrogen-bond acceptors (Lipinski definition) is 4. The van der Waals surface area contributed by atoms with Gasteiger partial charge in [-0.2, -0.15) is 0 Å². The molecule has 1 amide bonds. The molecule has 0 aliphatic carbocycles. The highest BCUT2D eigenvalue weighted by molar-refractivity contribution is 5.82. The molecule has 5 heteroatoms. The summed E-state index contributed by atoms with van der Waals surface area (Å²) in [6.07, 6.45) is 4.29. The number of hydrogen-bond donors (Lipinski definition) is 1. The third-order valence-electron chi connectivity index (χ3n) is 5.43. The van der Waals surface area contributed by atoms with Crippen LogP contribution in [-0.2, 0) is 11.2 Å². The zero-order chi connectivity index (χ0) is 22.9. The van der Waals surface area contributed by atoms with Gasteiger partial charge in [0.2, 0.25) is 5.91 Å². The minimum absolute atomic E-state index is 0.0278. The Bertz CT molecular complexity index is 1170. The highest BCUT2D eigenvalue weighted by Gasteiger charge is 2.08. The van der Waals surface area contributed by atoms with Crippen molar-refractivity contribution in [3.8, 4) is 22.6 Å². The highest BCUT2D eigenvalue weighted by Crippen LogP contribution is 2.26. The van der Waals surface area contributed by atoms with Crippen molar-refractivity contribution in [2.24, 2.45) is 0 Å². The molecule has 0 saturated carbocycles. The molecule has 33 heavy (non-hydrogen) atoms. The molecule has 0 aliphatic rings. The van der Waals surface area contributed by atoms with E-state index in [4.69, 9.17) is 13.9 Å². The zero-order valence-corrected chi connectivity index (χ0v) is 18.9. The SMILES string of the molecule is CC(=O)NCCc1coc2ccc(OCCCCOc3ccc(-c4ccccc4)cc3)cc12. The highest BCUT2D eigenvalue weighted by atomic mass is 16.5. The third-order valence-corrected chi connectivity index (χ3v) is 5.43. The molecular weight excluding hydrogens is 414 g/mol. The minimum Gasteiger partial charge on any atom is -0.494 e. The lowest BCUT2D eigenvalue weighted by Crippen LogP contribution is -2.22. The first-order valence-electron chi connectivity index (χ1n) is 11.3. The Hall–Kier alpha value is -3.73. The molecule has 0 unspecified atom stereocenters. The van der Waals surface area contributed by atoms with E-state index in [2.05, 4.69) is 29.6 Å². The van der Waals surface area contributed by atoms with E-state index < -0.39 is 0 Å². The van der Waals surface area contributed by atoms with Crippen LogP contribution in [0.3, 0.4) is 0 Å². The number of nitrogens with one attached hydrogen (secondary N) is 1. The number of amides is 1. The molecule has 170 valence electrons. The van der Waals surface area contributed by atoms with Gasteiger partial charge in [0.05, 0.1) is 19.5 Å². The molecule has 0 atom stereocenters. The largest absolute Gasteiger partial charge is 0.494 e. The van der Waals surface area contributed by atoms with Crippen molar-refractivity contribution in [1.29, 1.82) is 0 Å². The molecule has 0 bridgehead atoms. The Morgan fingerprint density at radius 2 is 1.52 bits per heavy atom. The first-order valence-corrected chi connectivity index (χ1v) is 11.3. The van der Waals surface area contributed by atoms with Crippen LogP contribution in [0.1, 0.15) is 25.3 Å². The topological polar surface area (TPSA) is 60.7 Å². The summed E-state index contributed by atoms with van der Waals surface area (Å²) < 4.78 is 17.4. The third kappa shape index (κ3) is 6.39. The molecule has 1 heterocycles. The van der Waals surface area contributed by atoms with Gasteiger partial charge in [-0.15, -0.1) is 0 Å². The van der Waals surface area contributed by atoms with Gasteiger partial charge in [-0.1, -0.05) is 42.5 Å². The fraction of sp³-hybridized carbons (Fsp3) is 0.250. The maximum absolute atomic E-state index is 11.1. The summed E-state index contributed by atoms with van der Waals surface area (Å²) in [5, 5.41) is 3.84. The van der Waals surface area contributed by atoms with E-state index in [1.165, 1.54) is 18.1 Å². The molecule has 3 aromatic carbocycles. The van der Waals surface area contributed by atoms with E-state index in [-0.39, 0.29) is 5.91 Å². The summed E-state index contributed by atoms with van der Waals surface area (Å²) in [6, 6.07) is 24.4. The fourth-order valence-electron chi connectivity index (χ4n) is 3.68. The van der Waals surface area contributed by atoms with Gasteiger partial charge in [-0.25, -0.2) is 0 Å². The molecule has 0 saturated heterocycles. The van der Waals surface area contributed by atoms with E-state index in [0.29, 0.717) is 19.8 Å². The van der Waals surface area contributed by atoms with Crippen molar-refractivity contribution in [3.05, 3.63) is 84.6 Å². The Kier molecular flexibility index (Phi) is 7.64. The smallest absolute Gasteiger partial charge is 0.216 e. The molecule has 1 N–H and O–H groups in total. The molecule has 0 aliphatic heterocycles. The van der Waals surface area contributed by atoms with Crippen molar-refractivity contribution < 1.29 is 18.7 Å². The summed E-state index contributed by atoms with van der Waals surface area (Å²) in [4.78, 5) is 11.1. The van der Waals surface area contributed by atoms with Gasteiger partial charge in [-0.3, -0.25) is 4.79 Å². The van der Waals surface area contributed by atoms with E-state index in [0.717, 1.165) is 47.3 Å². The number of benzene rings is 3. The van der Waals surface area contributed by atoms with Gasteiger partial charge in [0.1, 0.15) is 17.1 Å². The molecule has 5 nitrogen and oxygen atoms in total. The van der Waals surface area contributed by atoms with Gasteiger partial charge in [0, 0.05) is 24.4 Å². The van der Waals surface area contributed by atoms with Crippen LogP contribution in [0.15, 0.2) is 83.5 Å². The number of furan rings is 1. The Morgan fingerprint density at radius 3 is 2.24 bits per heavy atom.